The van der Waals surface area contributed by atoms with Gasteiger partial charge < -0.3 is 10.1 Å². The Bertz CT molecular complexity index is 564. The summed E-state index contributed by atoms with van der Waals surface area (Å²) < 4.78 is 5.56. The minimum atomic E-state index is 0.418. The first-order valence-corrected chi connectivity index (χ1v) is 6.58. The largest absolute Gasteiger partial charge is 0.496 e. The summed E-state index contributed by atoms with van der Waals surface area (Å²) in [4.78, 5) is 0. The van der Waals surface area contributed by atoms with Gasteiger partial charge in [-0.05, 0) is 35.7 Å². The molecule has 0 radical (unpaired) electrons. The smallest absolute Gasteiger partial charge is 0.124 e. The Hall–Kier alpha value is -1.54. The van der Waals surface area contributed by atoms with Crippen molar-refractivity contribution in [3.63, 3.8) is 0 Å². The fraction of sp³-hybridized carbons (Fsp3) is 0.375. The van der Waals surface area contributed by atoms with Gasteiger partial charge in [-0.15, -0.1) is 0 Å². The first-order valence-electron chi connectivity index (χ1n) is 6.58. The number of methoxy groups -OCH3 is 1. The number of ether oxygens (including phenoxy) is 1. The van der Waals surface area contributed by atoms with Gasteiger partial charge in [0.25, 0.3) is 0 Å². The predicted molar refractivity (Wildman–Crippen MR) is 75.0 cm³/mol. The van der Waals surface area contributed by atoms with Crippen LogP contribution < -0.4 is 10.1 Å². The van der Waals surface area contributed by atoms with E-state index in [4.69, 9.17) is 4.74 Å². The van der Waals surface area contributed by atoms with E-state index in [2.05, 4.69) is 48.6 Å². The Labute approximate surface area is 108 Å². The Morgan fingerprint density at radius 1 is 1.17 bits per heavy atom. The molecule has 0 bridgehead atoms. The molecule has 2 atom stereocenters. The maximum atomic E-state index is 5.56. The maximum Gasteiger partial charge on any atom is 0.124 e. The molecule has 1 aliphatic rings. The van der Waals surface area contributed by atoms with Gasteiger partial charge in [0, 0.05) is 11.6 Å². The summed E-state index contributed by atoms with van der Waals surface area (Å²) in [6, 6.07) is 13.2. The average molecular weight is 241 g/mol. The topological polar surface area (TPSA) is 21.3 Å². The van der Waals surface area contributed by atoms with Crippen LogP contribution in [0.1, 0.15) is 24.9 Å². The Balaban J connectivity index is 2.17. The van der Waals surface area contributed by atoms with Gasteiger partial charge in [-0.25, -0.2) is 0 Å². The number of rotatable bonds is 2. The van der Waals surface area contributed by atoms with Gasteiger partial charge in [0.2, 0.25) is 0 Å². The van der Waals surface area contributed by atoms with Crippen molar-refractivity contribution in [1.29, 1.82) is 0 Å². The third kappa shape index (κ3) is 1.87. The van der Waals surface area contributed by atoms with Crippen LogP contribution in [0.3, 0.4) is 0 Å². The van der Waals surface area contributed by atoms with Crippen LogP contribution in [0, 0.1) is 5.92 Å². The monoisotopic (exact) mass is 241 g/mol. The van der Waals surface area contributed by atoms with E-state index in [1.807, 2.05) is 0 Å². The molecular formula is C16H19NO. The van der Waals surface area contributed by atoms with E-state index in [9.17, 15) is 0 Å². The second-order valence-electron chi connectivity index (χ2n) is 5.20. The van der Waals surface area contributed by atoms with Crippen LogP contribution in [0.25, 0.3) is 10.8 Å². The molecule has 0 amide bonds. The molecule has 1 aliphatic heterocycles. The Kier molecular flexibility index (Phi) is 2.96. The van der Waals surface area contributed by atoms with Crippen molar-refractivity contribution in [3.05, 3.63) is 42.0 Å². The van der Waals surface area contributed by atoms with Gasteiger partial charge in [-0.3, -0.25) is 0 Å². The highest BCUT2D eigenvalue weighted by Gasteiger charge is 2.26. The molecule has 1 fully saturated rings. The molecule has 1 saturated heterocycles. The van der Waals surface area contributed by atoms with Crippen LogP contribution in [-0.2, 0) is 0 Å². The molecule has 0 saturated carbocycles. The van der Waals surface area contributed by atoms with E-state index in [0.29, 0.717) is 6.04 Å². The number of nitrogens with one attached hydrogen (secondary N) is 1. The highest BCUT2D eigenvalue weighted by Crippen LogP contribution is 2.37. The van der Waals surface area contributed by atoms with Crippen molar-refractivity contribution in [2.75, 3.05) is 13.7 Å². The quantitative estimate of drug-likeness (QED) is 0.868. The average Bonchev–Trinajstić information content (AvgIpc) is 2.83. The van der Waals surface area contributed by atoms with Crippen LogP contribution in [0.2, 0.25) is 0 Å². The molecule has 0 spiro atoms. The van der Waals surface area contributed by atoms with Crippen molar-refractivity contribution in [2.24, 2.45) is 5.92 Å². The number of fused-ring (bicyclic) bond motifs is 1. The summed E-state index contributed by atoms with van der Waals surface area (Å²) in [7, 11) is 1.76. The molecule has 2 aromatic rings. The van der Waals surface area contributed by atoms with Crippen molar-refractivity contribution in [2.45, 2.75) is 19.4 Å². The molecule has 2 unspecified atom stereocenters. The highest BCUT2D eigenvalue weighted by molar-refractivity contribution is 5.88. The zero-order chi connectivity index (χ0) is 12.5. The summed E-state index contributed by atoms with van der Waals surface area (Å²) in [5.41, 5.74) is 1.32. The minimum absolute atomic E-state index is 0.418. The first-order chi connectivity index (χ1) is 8.79. The first kappa shape index (κ1) is 11.5. The Morgan fingerprint density at radius 2 is 2.00 bits per heavy atom. The SMILES string of the molecule is COc1ccc2ccccc2c1C1CC(C)CN1. The van der Waals surface area contributed by atoms with E-state index >= 15 is 0 Å². The summed E-state index contributed by atoms with van der Waals surface area (Å²) in [5, 5.41) is 6.20. The highest BCUT2D eigenvalue weighted by atomic mass is 16.5. The number of hydrogen-bond acceptors (Lipinski definition) is 2. The summed E-state index contributed by atoms with van der Waals surface area (Å²) >= 11 is 0. The third-order valence-electron chi connectivity index (χ3n) is 3.85. The van der Waals surface area contributed by atoms with Crippen molar-refractivity contribution in [1.82, 2.24) is 5.32 Å². The second-order valence-corrected chi connectivity index (χ2v) is 5.20. The van der Waals surface area contributed by atoms with Gasteiger partial charge in [0.1, 0.15) is 5.75 Å². The molecule has 2 aromatic carbocycles. The predicted octanol–water partition coefficient (Wildman–Crippen LogP) is 3.52. The zero-order valence-electron chi connectivity index (χ0n) is 10.9. The summed E-state index contributed by atoms with van der Waals surface area (Å²) in [6.07, 6.45) is 1.18. The van der Waals surface area contributed by atoms with E-state index in [-0.39, 0.29) is 0 Å². The van der Waals surface area contributed by atoms with Crippen LogP contribution >= 0.6 is 0 Å². The fourth-order valence-electron chi connectivity index (χ4n) is 2.95. The molecule has 0 aliphatic carbocycles. The van der Waals surface area contributed by atoms with Gasteiger partial charge in [0.15, 0.2) is 0 Å². The van der Waals surface area contributed by atoms with Crippen LogP contribution in [0.15, 0.2) is 36.4 Å². The third-order valence-corrected chi connectivity index (χ3v) is 3.85. The zero-order valence-corrected chi connectivity index (χ0v) is 10.9. The van der Waals surface area contributed by atoms with Crippen molar-refractivity contribution in [3.8, 4) is 5.75 Å². The van der Waals surface area contributed by atoms with Gasteiger partial charge >= 0.3 is 0 Å². The molecule has 3 rings (SSSR count). The van der Waals surface area contributed by atoms with E-state index < -0.39 is 0 Å². The standard InChI is InChI=1S/C16H19NO/c1-11-9-14(17-10-11)16-13-6-4-3-5-12(13)7-8-15(16)18-2/h3-8,11,14,17H,9-10H2,1-2H3. The molecule has 1 heterocycles. The summed E-state index contributed by atoms with van der Waals surface area (Å²) in [6.45, 7) is 3.39. The van der Waals surface area contributed by atoms with Crippen molar-refractivity contribution >= 4 is 10.8 Å². The maximum absolute atomic E-state index is 5.56. The lowest BCUT2D eigenvalue weighted by molar-refractivity contribution is 0.404. The molecular weight excluding hydrogens is 222 g/mol. The molecule has 1 N–H and O–H groups in total. The van der Waals surface area contributed by atoms with Gasteiger partial charge in [0.05, 0.1) is 7.11 Å². The molecule has 94 valence electrons. The van der Waals surface area contributed by atoms with Gasteiger partial charge in [-0.2, -0.15) is 0 Å². The minimum Gasteiger partial charge on any atom is -0.496 e. The second kappa shape index (κ2) is 4.62. The molecule has 0 aromatic heterocycles. The summed E-state index contributed by atoms with van der Waals surface area (Å²) in [5.74, 6) is 1.74. The Morgan fingerprint density at radius 3 is 2.72 bits per heavy atom. The lowest BCUT2D eigenvalue weighted by atomic mass is 9.95. The van der Waals surface area contributed by atoms with Crippen LogP contribution in [-0.4, -0.2) is 13.7 Å². The fourth-order valence-corrected chi connectivity index (χ4v) is 2.95. The number of hydrogen-bond donors (Lipinski definition) is 1. The lowest BCUT2D eigenvalue weighted by Crippen LogP contribution is -2.14. The lowest BCUT2D eigenvalue weighted by Gasteiger charge is -2.18. The van der Waals surface area contributed by atoms with E-state index in [1.165, 1.54) is 22.8 Å². The van der Waals surface area contributed by atoms with Gasteiger partial charge in [-0.1, -0.05) is 37.3 Å². The molecule has 18 heavy (non-hydrogen) atoms. The van der Waals surface area contributed by atoms with Crippen LogP contribution in [0.5, 0.6) is 5.75 Å². The van der Waals surface area contributed by atoms with E-state index in [0.717, 1.165) is 18.2 Å². The van der Waals surface area contributed by atoms with Crippen LogP contribution in [0.4, 0.5) is 0 Å². The molecule has 2 heteroatoms. The normalized spacial score (nSPS) is 23.4. The van der Waals surface area contributed by atoms with E-state index in [1.54, 1.807) is 7.11 Å². The van der Waals surface area contributed by atoms with Crippen molar-refractivity contribution < 1.29 is 4.74 Å². The number of benzene rings is 2. The molecule has 2 nitrogen and oxygen atoms in total.